The van der Waals surface area contributed by atoms with Gasteiger partial charge in [0.25, 0.3) is 0 Å². The highest BCUT2D eigenvalue weighted by Crippen LogP contribution is 2.56. The molecule has 2 nitrogen and oxygen atoms in total. The first-order chi connectivity index (χ1) is 32.1. The van der Waals surface area contributed by atoms with Gasteiger partial charge in [0.2, 0.25) is 0 Å². The fraction of sp³-hybridized carbons (Fsp3) is 0.0476. The second-order valence-corrected chi connectivity index (χ2v) is 17.6. The van der Waals surface area contributed by atoms with Crippen LogP contribution in [0.4, 0.5) is 17.1 Å². The fourth-order valence-corrected chi connectivity index (χ4v) is 10.8. The Balaban J connectivity index is 1.23. The summed E-state index contributed by atoms with van der Waals surface area (Å²) in [6.45, 7) is 4.78. The Morgan fingerprint density at radius 3 is 1.57 bits per heavy atom. The van der Waals surface area contributed by atoms with Gasteiger partial charge in [0.1, 0.15) is 0 Å². The van der Waals surface area contributed by atoms with Crippen LogP contribution >= 0.6 is 0 Å². The molecule has 10 aromatic carbocycles. The van der Waals surface area contributed by atoms with Crippen LogP contribution in [0.5, 0.6) is 0 Å². The SMILES string of the molecule is CC1(C)c2ccccc2-c2cccc(-c3ccccc3N(c3cccc(-c4ccccc4)c3-c3ccccc3-c3ccccc3)c3cccc4c3c3ccccc3n4-c3ccccc3)c21. The van der Waals surface area contributed by atoms with Gasteiger partial charge in [-0.3, -0.25) is 0 Å². The molecule has 0 amide bonds. The van der Waals surface area contributed by atoms with Crippen molar-refractivity contribution in [2.75, 3.05) is 4.90 Å². The highest BCUT2D eigenvalue weighted by molar-refractivity contribution is 6.18. The number of para-hydroxylation sites is 3. The molecule has 2 heteroatoms. The maximum Gasteiger partial charge on any atom is 0.0562 e. The second-order valence-electron chi connectivity index (χ2n) is 17.6. The molecule has 0 saturated carbocycles. The zero-order chi connectivity index (χ0) is 43.5. The minimum absolute atomic E-state index is 0.212. The largest absolute Gasteiger partial charge is 0.309 e. The lowest BCUT2D eigenvalue weighted by Crippen LogP contribution is -2.17. The van der Waals surface area contributed by atoms with Gasteiger partial charge in [-0.15, -0.1) is 0 Å². The summed E-state index contributed by atoms with van der Waals surface area (Å²) in [4.78, 5) is 2.58. The summed E-state index contributed by atoms with van der Waals surface area (Å²) < 4.78 is 2.42. The Bertz CT molecular complexity index is 3560. The molecule has 65 heavy (non-hydrogen) atoms. The molecule has 0 N–H and O–H groups in total. The number of aromatic nitrogens is 1. The molecule has 0 unspecified atom stereocenters. The molecule has 0 saturated heterocycles. The van der Waals surface area contributed by atoms with Gasteiger partial charge in [-0.1, -0.05) is 214 Å². The molecule has 1 heterocycles. The summed E-state index contributed by atoms with van der Waals surface area (Å²) in [5, 5.41) is 2.40. The van der Waals surface area contributed by atoms with Crippen molar-refractivity contribution in [2.24, 2.45) is 0 Å². The molecule has 1 aliphatic rings. The van der Waals surface area contributed by atoms with Crippen molar-refractivity contribution in [3.63, 3.8) is 0 Å². The average molecular weight is 831 g/mol. The Kier molecular flexibility index (Phi) is 9.21. The third kappa shape index (κ3) is 6.17. The van der Waals surface area contributed by atoms with Gasteiger partial charge in [0.15, 0.2) is 0 Å². The smallest absolute Gasteiger partial charge is 0.0562 e. The molecule has 1 aromatic heterocycles. The number of nitrogens with zero attached hydrogens (tertiary/aromatic N) is 2. The average Bonchev–Trinajstić information content (AvgIpc) is 3.84. The quantitative estimate of drug-likeness (QED) is 0.148. The van der Waals surface area contributed by atoms with Crippen LogP contribution < -0.4 is 4.90 Å². The molecule has 11 aromatic rings. The number of anilines is 3. The molecule has 12 rings (SSSR count). The maximum atomic E-state index is 2.58. The molecule has 0 fully saturated rings. The van der Waals surface area contributed by atoms with Crippen molar-refractivity contribution < 1.29 is 0 Å². The summed E-state index contributed by atoms with van der Waals surface area (Å²) in [6, 6.07) is 89.0. The van der Waals surface area contributed by atoms with Crippen LogP contribution in [0.2, 0.25) is 0 Å². The number of fused-ring (bicyclic) bond motifs is 6. The van der Waals surface area contributed by atoms with Crippen molar-refractivity contribution >= 4 is 38.9 Å². The van der Waals surface area contributed by atoms with Crippen molar-refractivity contribution in [3.05, 3.63) is 254 Å². The standard InChI is InChI=1S/C63H46N2/c1-63(2)54-37-17-14-30-48(54)51-35-20-36-52(62(51)63)49-31-15-18-38-55(49)65(59-42-22-41-58-61(59)53-33-16-19-39-56(53)64(58)45-27-10-5-11-28-45)57-40-21-34-47(44-25-8-4-9-26-44)60(57)50-32-13-12-29-46(50)43-23-6-3-7-24-43/h3-42H,1-2H3. The van der Waals surface area contributed by atoms with Crippen molar-refractivity contribution in [1.82, 2.24) is 4.57 Å². The third-order valence-electron chi connectivity index (χ3n) is 13.6. The maximum absolute atomic E-state index is 2.58. The van der Waals surface area contributed by atoms with E-state index >= 15 is 0 Å². The van der Waals surface area contributed by atoms with Crippen LogP contribution in [0.3, 0.4) is 0 Å². The van der Waals surface area contributed by atoms with Crippen LogP contribution in [0, 0.1) is 0 Å². The Morgan fingerprint density at radius 1 is 0.338 bits per heavy atom. The van der Waals surface area contributed by atoms with E-state index < -0.39 is 0 Å². The van der Waals surface area contributed by atoms with E-state index in [9.17, 15) is 0 Å². The molecule has 0 spiro atoms. The Hall–Kier alpha value is -8.20. The summed E-state index contributed by atoms with van der Waals surface area (Å²) >= 11 is 0. The zero-order valence-electron chi connectivity index (χ0n) is 36.5. The number of benzene rings is 10. The summed E-state index contributed by atoms with van der Waals surface area (Å²) in [7, 11) is 0. The second kappa shape index (κ2) is 15.6. The van der Waals surface area contributed by atoms with Gasteiger partial charge in [-0.2, -0.15) is 0 Å². The first-order valence-electron chi connectivity index (χ1n) is 22.6. The van der Waals surface area contributed by atoms with Gasteiger partial charge < -0.3 is 9.47 Å². The van der Waals surface area contributed by atoms with Crippen LogP contribution in [-0.2, 0) is 5.41 Å². The van der Waals surface area contributed by atoms with Crippen molar-refractivity contribution in [1.29, 1.82) is 0 Å². The number of rotatable bonds is 8. The number of hydrogen-bond donors (Lipinski definition) is 0. The summed E-state index contributed by atoms with van der Waals surface area (Å²) in [5.74, 6) is 0. The van der Waals surface area contributed by atoms with Gasteiger partial charge >= 0.3 is 0 Å². The number of hydrogen-bond acceptors (Lipinski definition) is 1. The van der Waals surface area contributed by atoms with Gasteiger partial charge in [0.05, 0.1) is 28.1 Å². The van der Waals surface area contributed by atoms with Gasteiger partial charge in [0, 0.05) is 33.0 Å². The molecule has 0 aliphatic heterocycles. The van der Waals surface area contributed by atoms with Crippen molar-refractivity contribution in [3.8, 4) is 61.3 Å². The lowest BCUT2D eigenvalue weighted by atomic mass is 9.78. The van der Waals surface area contributed by atoms with Crippen molar-refractivity contribution in [2.45, 2.75) is 19.3 Å². The molecule has 0 atom stereocenters. The van der Waals surface area contributed by atoms with Crippen LogP contribution in [-0.4, -0.2) is 4.57 Å². The minimum Gasteiger partial charge on any atom is -0.309 e. The predicted octanol–water partition coefficient (Wildman–Crippen LogP) is 17.2. The van der Waals surface area contributed by atoms with Crippen LogP contribution in [0.25, 0.3) is 83.1 Å². The Morgan fingerprint density at radius 2 is 0.815 bits per heavy atom. The minimum atomic E-state index is -0.212. The van der Waals surface area contributed by atoms with Gasteiger partial charge in [-0.25, -0.2) is 0 Å². The molecule has 1 aliphatic carbocycles. The first-order valence-corrected chi connectivity index (χ1v) is 22.6. The predicted molar refractivity (Wildman–Crippen MR) is 275 cm³/mol. The molecular formula is C63H46N2. The summed E-state index contributed by atoms with van der Waals surface area (Å²) in [5.41, 5.74) is 21.4. The van der Waals surface area contributed by atoms with E-state index in [-0.39, 0.29) is 5.41 Å². The molecule has 0 radical (unpaired) electrons. The highest BCUT2D eigenvalue weighted by Gasteiger charge is 2.38. The molecule has 0 bridgehead atoms. The van der Waals surface area contributed by atoms with E-state index in [0.29, 0.717) is 0 Å². The fourth-order valence-electron chi connectivity index (χ4n) is 10.8. The van der Waals surface area contributed by atoms with E-state index in [1.54, 1.807) is 0 Å². The Labute approximate surface area is 381 Å². The van der Waals surface area contributed by atoms with Crippen LogP contribution in [0.15, 0.2) is 243 Å². The van der Waals surface area contributed by atoms with E-state index in [1.165, 1.54) is 83.1 Å². The first kappa shape index (κ1) is 38.5. The normalized spacial score (nSPS) is 12.6. The van der Waals surface area contributed by atoms with E-state index in [0.717, 1.165) is 28.3 Å². The lowest BCUT2D eigenvalue weighted by Gasteiger charge is -2.33. The topological polar surface area (TPSA) is 8.17 Å². The molecular weight excluding hydrogens is 785 g/mol. The van der Waals surface area contributed by atoms with E-state index in [4.69, 9.17) is 0 Å². The van der Waals surface area contributed by atoms with Gasteiger partial charge in [-0.05, 0) is 98.1 Å². The summed E-state index contributed by atoms with van der Waals surface area (Å²) in [6.07, 6.45) is 0. The monoisotopic (exact) mass is 830 g/mol. The third-order valence-corrected chi connectivity index (χ3v) is 13.6. The molecule has 308 valence electrons. The lowest BCUT2D eigenvalue weighted by molar-refractivity contribution is 0.662. The van der Waals surface area contributed by atoms with E-state index in [1.807, 2.05) is 0 Å². The van der Waals surface area contributed by atoms with E-state index in [2.05, 4.69) is 266 Å². The zero-order valence-corrected chi connectivity index (χ0v) is 36.5. The van der Waals surface area contributed by atoms with Crippen LogP contribution in [0.1, 0.15) is 25.0 Å². The highest BCUT2D eigenvalue weighted by atomic mass is 15.2.